The fraction of sp³-hybridized carbons (Fsp3) is 0.192. The highest BCUT2D eigenvalue weighted by Gasteiger charge is 2.40. The van der Waals surface area contributed by atoms with Crippen molar-refractivity contribution in [2.75, 3.05) is 37.4 Å². The molecule has 1 amide bonds. The highest BCUT2D eigenvalue weighted by atomic mass is 19.4. The molecular weight excluding hydrogens is 518 g/mol. The van der Waals surface area contributed by atoms with Crippen molar-refractivity contribution in [3.8, 4) is 22.8 Å². The van der Waals surface area contributed by atoms with Crippen LogP contribution in [0.5, 0.6) is 11.5 Å². The largest absolute Gasteiger partial charge is 0.454 e. The number of anilines is 2. The molecule has 2 N–H and O–H groups in total. The minimum absolute atomic E-state index is 0.131. The Labute approximate surface area is 220 Å². The van der Waals surface area contributed by atoms with E-state index in [9.17, 15) is 22.4 Å². The van der Waals surface area contributed by atoms with Crippen molar-refractivity contribution < 1.29 is 27.1 Å². The Kier molecular flexibility index (Phi) is 8.30. The molecule has 2 heterocycles. The number of aromatic nitrogens is 4. The Morgan fingerprint density at radius 1 is 1.03 bits per heavy atom. The lowest BCUT2D eigenvalue weighted by molar-refractivity contribution is -0.138. The third-order valence-electron chi connectivity index (χ3n) is 5.55. The van der Waals surface area contributed by atoms with E-state index in [1.54, 1.807) is 13.1 Å². The molecule has 9 nitrogen and oxygen atoms in total. The van der Waals surface area contributed by atoms with Gasteiger partial charge in [-0.05, 0) is 37.4 Å². The molecule has 0 aliphatic rings. The number of likely N-dealkylation sites (N-methyl/N-ethyl adjacent to an activating group) is 2. The standard InChI is InChI=1S/C26H23F4N7O2/c1-31-11-12-37(2)24-18(36-25(38)20-15-32-14-19(35-20)16-9-10-33-34-13-16)7-8-22(23(24)26(28,29)30)39-21-6-4-3-5-17(21)27/h3-10,13-15,31H,11-12H2,1-2H3,(H,36,38). The average molecular weight is 542 g/mol. The van der Waals surface area contributed by atoms with E-state index >= 15 is 0 Å². The van der Waals surface area contributed by atoms with Gasteiger partial charge in [0.25, 0.3) is 5.91 Å². The maximum absolute atomic E-state index is 14.5. The lowest BCUT2D eigenvalue weighted by atomic mass is 10.1. The molecule has 13 heteroatoms. The van der Waals surface area contributed by atoms with Gasteiger partial charge in [0.2, 0.25) is 0 Å². The number of amides is 1. The second-order valence-electron chi connectivity index (χ2n) is 8.27. The maximum Gasteiger partial charge on any atom is 0.422 e. The SMILES string of the molecule is CNCCN(C)c1c(NC(=O)c2cncc(-c3ccnnc3)n2)ccc(Oc2ccccc2F)c1C(F)(F)F. The summed E-state index contributed by atoms with van der Waals surface area (Å²) in [4.78, 5) is 22.7. The van der Waals surface area contributed by atoms with E-state index in [1.807, 2.05) is 0 Å². The van der Waals surface area contributed by atoms with Crippen LogP contribution < -0.4 is 20.3 Å². The summed E-state index contributed by atoms with van der Waals surface area (Å²) in [7, 11) is 3.10. The van der Waals surface area contributed by atoms with Gasteiger partial charge < -0.3 is 20.3 Å². The van der Waals surface area contributed by atoms with Crippen LogP contribution in [0.1, 0.15) is 16.1 Å². The third-order valence-corrected chi connectivity index (χ3v) is 5.55. The summed E-state index contributed by atoms with van der Waals surface area (Å²) >= 11 is 0. The van der Waals surface area contributed by atoms with Crippen LogP contribution >= 0.6 is 0 Å². The zero-order chi connectivity index (χ0) is 28.0. The van der Waals surface area contributed by atoms with Gasteiger partial charge in [-0.3, -0.25) is 9.78 Å². The second-order valence-corrected chi connectivity index (χ2v) is 8.27. The van der Waals surface area contributed by atoms with Crippen molar-refractivity contribution in [1.29, 1.82) is 0 Å². The average Bonchev–Trinajstić information content (AvgIpc) is 2.93. The number of nitrogens with one attached hydrogen (secondary N) is 2. The fourth-order valence-corrected chi connectivity index (χ4v) is 3.71. The number of hydrogen-bond acceptors (Lipinski definition) is 8. The fourth-order valence-electron chi connectivity index (χ4n) is 3.71. The lowest BCUT2D eigenvalue weighted by Gasteiger charge is -2.28. The summed E-state index contributed by atoms with van der Waals surface area (Å²) in [6, 6.07) is 9.05. The molecule has 0 saturated carbocycles. The summed E-state index contributed by atoms with van der Waals surface area (Å²) in [5.74, 6) is -2.60. The van der Waals surface area contributed by atoms with Gasteiger partial charge in [0.05, 0.1) is 41.9 Å². The Bertz CT molecular complexity index is 1450. The topological polar surface area (TPSA) is 105 Å². The molecule has 4 aromatic rings. The first-order valence-corrected chi connectivity index (χ1v) is 11.6. The molecule has 2 aromatic heterocycles. The van der Waals surface area contributed by atoms with Crippen molar-refractivity contribution in [3.05, 3.63) is 84.3 Å². The first-order chi connectivity index (χ1) is 18.7. The Morgan fingerprint density at radius 3 is 2.51 bits per heavy atom. The van der Waals surface area contributed by atoms with Crippen LogP contribution in [0.15, 0.2) is 67.3 Å². The van der Waals surface area contributed by atoms with Gasteiger partial charge in [0, 0.05) is 25.7 Å². The van der Waals surface area contributed by atoms with Crippen LogP contribution in [-0.4, -0.2) is 53.3 Å². The summed E-state index contributed by atoms with van der Waals surface area (Å²) in [5, 5.41) is 12.8. The van der Waals surface area contributed by atoms with Crippen molar-refractivity contribution in [1.82, 2.24) is 25.5 Å². The number of nitrogens with zero attached hydrogens (tertiary/aromatic N) is 5. The number of halogens is 4. The van der Waals surface area contributed by atoms with Crippen molar-refractivity contribution in [2.45, 2.75) is 6.18 Å². The first-order valence-electron chi connectivity index (χ1n) is 11.6. The molecule has 0 fully saturated rings. The number of carbonyl (C=O) groups is 1. The zero-order valence-corrected chi connectivity index (χ0v) is 20.8. The van der Waals surface area contributed by atoms with Gasteiger partial charge in [0.15, 0.2) is 11.6 Å². The van der Waals surface area contributed by atoms with Crippen LogP contribution in [0, 0.1) is 5.82 Å². The van der Waals surface area contributed by atoms with Crippen molar-refractivity contribution in [2.24, 2.45) is 0 Å². The summed E-state index contributed by atoms with van der Waals surface area (Å²) < 4.78 is 63.2. The van der Waals surface area contributed by atoms with Crippen LogP contribution in [0.4, 0.5) is 28.9 Å². The van der Waals surface area contributed by atoms with Gasteiger partial charge in [-0.2, -0.15) is 23.4 Å². The van der Waals surface area contributed by atoms with E-state index in [0.717, 1.165) is 12.1 Å². The molecule has 0 bridgehead atoms. The molecule has 39 heavy (non-hydrogen) atoms. The van der Waals surface area contributed by atoms with Crippen molar-refractivity contribution >= 4 is 17.3 Å². The lowest BCUT2D eigenvalue weighted by Crippen LogP contribution is -2.30. The normalized spacial score (nSPS) is 11.2. The smallest absolute Gasteiger partial charge is 0.422 e. The Hall–Kier alpha value is -4.65. The quantitative estimate of drug-likeness (QED) is 0.292. The number of carbonyl (C=O) groups excluding carboxylic acids is 1. The summed E-state index contributed by atoms with van der Waals surface area (Å²) in [6.07, 6.45) is 0.573. The van der Waals surface area contributed by atoms with E-state index < -0.39 is 29.2 Å². The van der Waals surface area contributed by atoms with Gasteiger partial charge in [-0.1, -0.05) is 12.1 Å². The van der Waals surface area contributed by atoms with Crippen LogP contribution in [0.3, 0.4) is 0 Å². The van der Waals surface area contributed by atoms with Crippen LogP contribution in [-0.2, 0) is 6.18 Å². The number of ether oxygens (including phenoxy) is 1. The molecule has 0 saturated heterocycles. The Morgan fingerprint density at radius 2 is 1.82 bits per heavy atom. The highest BCUT2D eigenvalue weighted by Crippen LogP contribution is 2.47. The zero-order valence-electron chi connectivity index (χ0n) is 20.8. The predicted molar refractivity (Wildman–Crippen MR) is 136 cm³/mol. The molecule has 0 radical (unpaired) electrons. The number of rotatable bonds is 9. The summed E-state index contributed by atoms with van der Waals surface area (Å²) in [6.45, 7) is 0.489. The Balaban J connectivity index is 1.77. The maximum atomic E-state index is 14.5. The van der Waals surface area contributed by atoms with Gasteiger partial charge >= 0.3 is 6.18 Å². The molecule has 4 rings (SSSR count). The molecule has 2 aromatic carbocycles. The number of alkyl halides is 3. The molecule has 202 valence electrons. The van der Waals surface area contributed by atoms with E-state index in [1.165, 1.54) is 61.0 Å². The van der Waals surface area contributed by atoms with Crippen molar-refractivity contribution in [3.63, 3.8) is 0 Å². The van der Waals surface area contributed by atoms with E-state index in [-0.39, 0.29) is 29.4 Å². The van der Waals surface area contributed by atoms with Crippen LogP contribution in [0.25, 0.3) is 11.3 Å². The van der Waals surface area contributed by atoms with E-state index in [2.05, 4.69) is 30.8 Å². The molecular formula is C26H23F4N7O2. The predicted octanol–water partition coefficient (Wildman–Crippen LogP) is 4.79. The first kappa shape index (κ1) is 27.4. The van der Waals surface area contributed by atoms with Crippen LogP contribution in [0.2, 0.25) is 0 Å². The molecule has 0 aliphatic carbocycles. The third kappa shape index (κ3) is 6.44. The highest BCUT2D eigenvalue weighted by molar-refractivity contribution is 6.05. The van der Waals surface area contributed by atoms with Gasteiger partial charge in [-0.25, -0.2) is 9.37 Å². The summed E-state index contributed by atoms with van der Waals surface area (Å²) in [5.41, 5.74) is -0.938. The minimum Gasteiger partial charge on any atom is -0.454 e. The number of benzene rings is 2. The molecule has 0 spiro atoms. The number of para-hydroxylation sites is 1. The van der Waals surface area contributed by atoms with E-state index in [0.29, 0.717) is 17.8 Å². The van der Waals surface area contributed by atoms with Gasteiger partial charge in [-0.15, -0.1) is 0 Å². The number of hydrogen-bond donors (Lipinski definition) is 2. The molecule has 0 unspecified atom stereocenters. The monoisotopic (exact) mass is 541 g/mol. The molecule has 0 atom stereocenters. The minimum atomic E-state index is -4.92. The second kappa shape index (κ2) is 11.8. The van der Waals surface area contributed by atoms with E-state index in [4.69, 9.17) is 4.74 Å². The van der Waals surface area contributed by atoms with Gasteiger partial charge in [0.1, 0.15) is 17.0 Å². The molecule has 0 aliphatic heterocycles.